The lowest BCUT2D eigenvalue weighted by molar-refractivity contribution is 0.176. The van der Waals surface area contributed by atoms with Gasteiger partial charge in [-0.05, 0) is 0 Å². The largest absolute Gasteiger partial charge is 0.427 e. The summed E-state index contributed by atoms with van der Waals surface area (Å²) in [6.45, 7) is 1.94. The quantitative estimate of drug-likeness (QED) is 0.579. The van der Waals surface area contributed by atoms with Crippen LogP contribution in [-0.4, -0.2) is 14.9 Å². The molecule has 0 radical (unpaired) electrons. The molecule has 0 spiro atoms. The first kappa shape index (κ1) is 8.01. The zero-order valence-electron chi connectivity index (χ0n) is 4.70. The van der Waals surface area contributed by atoms with E-state index in [2.05, 4.69) is 4.98 Å². The molecule has 0 aliphatic carbocycles. The molecule has 1 aromatic heterocycles. The first-order chi connectivity index (χ1) is 3.84. The third-order valence-electron chi connectivity index (χ3n) is 1.01. The van der Waals surface area contributed by atoms with Crippen LogP contribution in [0.15, 0.2) is 12.4 Å². The lowest BCUT2D eigenvalue weighted by atomic mass is 10.5. The number of imidazole rings is 1. The Morgan fingerprint density at radius 3 is 2.67 bits per heavy atom. The van der Waals surface area contributed by atoms with Gasteiger partial charge in [-0.25, -0.2) is 4.98 Å². The molecule has 0 saturated carbocycles. The molecule has 1 heterocycles. The topological polar surface area (TPSA) is 38.0 Å². The minimum atomic E-state index is 0. The van der Waals surface area contributed by atoms with E-state index in [0.29, 0.717) is 5.82 Å². The molecule has 0 atom stereocenters. The van der Waals surface area contributed by atoms with E-state index in [4.69, 9.17) is 5.21 Å². The number of hydrogen-bond donors (Lipinski definition) is 1. The predicted octanol–water partition coefficient (Wildman–Crippen LogP) is 1.32. The van der Waals surface area contributed by atoms with Gasteiger partial charge in [-0.15, -0.1) is 0 Å². The summed E-state index contributed by atoms with van der Waals surface area (Å²) in [5, 5.41) is 8.80. The van der Waals surface area contributed by atoms with E-state index in [1.54, 1.807) is 6.20 Å². The van der Waals surface area contributed by atoms with Gasteiger partial charge in [-0.2, -0.15) is 4.73 Å². The third-order valence-corrected chi connectivity index (χ3v) is 1.01. The van der Waals surface area contributed by atoms with Crippen molar-refractivity contribution >= 4 is 0 Å². The molecule has 1 rings (SSSR count). The van der Waals surface area contributed by atoms with Crippen LogP contribution in [0.4, 0.5) is 0 Å². The molecule has 0 unspecified atom stereocenters. The Labute approximate surface area is 54.9 Å². The van der Waals surface area contributed by atoms with Gasteiger partial charge in [0.05, 0.1) is 6.20 Å². The number of hydrogen-bond acceptors (Lipinski definition) is 2. The molecule has 0 saturated heterocycles. The summed E-state index contributed by atoms with van der Waals surface area (Å²) < 4.78 is 1.03. The van der Waals surface area contributed by atoms with Crippen LogP contribution in [0.1, 0.15) is 20.2 Å². The summed E-state index contributed by atoms with van der Waals surface area (Å²) >= 11 is 0. The van der Waals surface area contributed by atoms with Crippen molar-refractivity contribution in [1.82, 2.24) is 9.71 Å². The first-order valence-corrected chi connectivity index (χ1v) is 2.56. The third kappa shape index (κ3) is 1.45. The fraction of sp³-hybridized carbons (Fsp3) is 0.500. The molecule has 9 heavy (non-hydrogen) atoms. The minimum Gasteiger partial charge on any atom is -0.427 e. The lowest BCUT2D eigenvalue weighted by Crippen LogP contribution is -1.94. The van der Waals surface area contributed by atoms with Gasteiger partial charge in [0.15, 0.2) is 0 Å². The molecule has 1 aromatic rings. The standard InChI is InChI=1S/C5H8N2O.CH4/c1-2-5-6-3-4-7(5)8;/h3-4,8H,2H2,1H3;1H4. The van der Waals surface area contributed by atoms with Gasteiger partial charge in [0.2, 0.25) is 0 Å². The second-order valence-corrected chi connectivity index (χ2v) is 1.54. The highest BCUT2D eigenvalue weighted by molar-refractivity contribution is 4.87. The fourth-order valence-corrected chi connectivity index (χ4v) is 0.581. The monoisotopic (exact) mass is 128 g/mol. The molecule has 0 bridgehead atoms. The van der Waals surface area contributed by atoms with Crippen LogP contribution in [0.25, 0.3) is 0 Å². The van der Waals surface area contributed by atoms with Gasteiger partial charge in [0.1, 0.15) is 5.82 Å². The molecule has 0 aliphatic rings. The zero-order valence-corrected chi connectivity index (χ0v) is 4.70. The van der Waals surface area contributed by atoms with E-state index in [1.165, 1.54) is 6.20 Å². The molecule has 1 N–H and O–H groups in total. The summed E-state index contributed by atoms with van der Waals surface area (Å²) in [7, 11) is 0. The normalized spacial score (nSPS) is 8.56. The van der Waals surface area contributed by atoms with Crippen molar-refractivity contribution in [1.29, 1.82) is 0 Å². The SMILES string of the molecule is C.CCc1nccn1O. The van der Waals surface area contributed by atoms with Gasteiger partial charge in [-0.3, -0.25) is 0 Å². The summed E-state index contributed by atoms with van der Waals surface area (Å²) in [5.41, 5.74) is 0. The Kier molecular flexibility index (Phi) is 2.78. The minimum absolute atomic E-state index is 0. The smallest absolute Gasteiger partial charge is 0.144 e. The number of aryl methyl sites for hydroxylation is 1. The van der Waals surface area contributed by atoms with E-state index in [1.807, 2.05) is 6.92 Å². The molecular formula is C6H12N2O. The maximum atomic E-state index is 8.80. The lowest BCUT2D eigenvalue weighted by Gasteiger charge is -1.91. The van der Waals surface area contributed by atoms with Crippen molar-refractivity contribution < 1.29 is 5.21 Å². The molecule has 3 nitrogen and oxygen atoms in total. The first-order valence-electron chi connectivity index (χ1n) is 2.56. The Morgan fingerprint density at radius 1 is 1.78 bits per heavy atom. The number of aromatic nitrogens is 2. The van der Waals surface area contributed by atoms with Crippen molar-refractivity contribution in [2.45, 2.75) is 20.8 Å². The van der Waals surface area contributed by atoms with Crippen molar-refractivity contribution in [2.75, 3.05) is 0 Å². The van der Waals surface area contributed by atoms with Crippen LogP contribution in [0.2, 0.25) is 0 Å². The number of rotatable bonds is 1. The average molecular weight is 128 g/mol. The highest BCUT2D eigenvalue weighted by Crippen LogP contribution is 1.91. The van der Waals surface area contributed by atoms with Crippen LogP contribution >= 0.6 is 0 Å². The Hall–Kier alpha value is -0.990. The second kappa shape index (κ2) is 3.12. The maximum absolute atomic E-state index is 8.80. The summed E-state index contributed by atoms with van der Waals surface area (Å²) in [5.74, 6) is 0.699. The van der Waals surface area contributed by atoms with Crippen LogP contribution < -0.4 is 0 Å². The predicted molar refractivity (Wildman–Crippen MR) is 35.5 cm³/mol. The van der Waals surface area contributed by atoms with E-state index < -0.39 is 0 Å². The molecule has 3 heteroatoms. The van der Waals surface area contributed by atoms with E-state index >= 15 is 0 Å². The van der Waals surface area contributed by atoms with Gasteiger partial charge in [-0.1, -0.05) is 14.4 Å². The molecule has 0 aliphatic heterocycles. The Morgan fingerprint density at radius 2 is 2.44 bits per heavy atom. The van der Waals surface area contributed by atoms with E-state index in [0.717, 1.165) is 11.2 Å². The average Bonchev–Trinajstić information content (AvgIpc) is 2.14. The van der Waals surface area contributed by atoms with Crippen LogP contribution in [0.5, 0.6) is 0 Å². The number of nitrogens with zero attached hydrogens (tertiary/aromatic N) is 2. The summed E-state index contributed by atoms with van der Waals surface area (Å²) in [6, 6.07) is 0. The molecular weight excluding hydrogens is 116 g/mol. The van der Waals surface area contributed by atoms with Crippen molar-refractivity contribution in [3.8, 4) is 0 Å². The van der Waals surface area contributed by atoms with Crippen molar-refractivity contribution in [3.63, 3.8) is 0 Å². The molecule has 0 fully saturated rings. The maximum Gasteiger partial charge on any atom is 0.144 e. The van der Waals surface area contributed by atoms with Gasteiger partial charge in [0, 0.05) is 12.6 Å². The van der Waals surface area contributed by atoms with E-state index in [-0.39, 0.29) is 7.43 Å². The van der Waals surface area contributed by atoms with Gasteiger partial charge in [0.25, 0.3) is 0 Å². The van der Waals surface area contributed by atoms with E-state index in [9.17, 15) is 0 Å². The highest BCUT2D eigenvalue weighted by atomic mass is 16.5. The van der Waals surface area contributed by atoms with Gasteiger partial charge >= 0.3 is 0 Å². The molecule has 52 valence electrons. The van der Waals surface area contributed by atoms with Crippen LogP contribution in [0.3, 0.4) is 0 Å². The molecule has 0 amide bonds. The van der Waals surface area contributed by atoms with Crippen molar-refractivity contribution in [2.24, 2.45) is 0 Å². The summed E-state index contributed by atoms with van der Waals surface area (Å²) in [6.07, 6.45) is 3.85. The Balaban J connectivity index is 0.000000640. The second-order valence-electron chi connectivity index (χ2n) is 1.54. The van der Waals surface area contributed by atoms with Gasteiger partial charge < -0.3 is 5.21 Å². The zero-order chi connectivity index (χ0) is 5.98. The van der Waals surface area contributed by atoms with Crippen molar-refractivity contribution in [3.05, 3.63) is 18.2 Å². The fourth-order valence-electron chi connectivity index (χ4n) is 0.581. The Bertz CT molecular complexity index is 171. The van der Waals surface area contributed by atoms with Crippen LogP contribution in [-0.2, 0) is 6.42 Å². The van der Waals surface area contributed by atoms with Crippen LogP contribution in [0, 0.1) is 0 Å². The molecule has 0 aromatic carbocycles. The summed E-state index contributed by atoms with van der Waals surface area (Å²) in [4.78, 5) is 3.85. The highest BCUT2D eigenvalue weighted by Gasteiger charge is 1.93.